The van der Waals surface area contributed by atoms with Gasteiger partial charge in [0.05, 0.1) is 6.10 Å². The summed E-state index contributed by atoms with van der Waals surface area (Å²) in [6, 6.07) is 8.07. The van der Waals surface area contributed by atoms with E-state index in [4.69, 9.17) is 0 Å². The first kappa shape index (κ1) is 12.1. The Labute approximate surface area is 106 Å². The molecule has 0 heterocycles. The van der Waals surface area contributed by atoms with Crippen molar-refractivity contribution in [3.8, 4) is 0 Å². The van der Waals surface area contributed by atoms with Gasteiger partial charge in [-0.1, -0.05) is 53.7 Å². The zero-order valence-corrected chi connectivity index (χ0v) is 11.1. The van der Waals surface area contributed by atoms with Gasteiger partial charge in [-0.2, -0.15) is 0 Å². The molecule has 16 heavy (non-hydrogen) atoms. The Morgan fingerprint density at radius 1 is 1.12 bits per heavy atom. The third kappa shape index (κ3) is 3.08. The summed E-state index contributed by atoms with van der Waals surface area (Å²) in [4.78, 5) is 0. The maximum Gasteiger partial charge on any atom is 0.0818 e. The summed E-state index contributed by atoms with van der Waals surface area (Å²) in [5.41, 5.74) is 1.06. The highest BCUT2D eigenvalue weighted by Gasteiger charge is 2.21. The van der Waals surface area contributed by atoms with E-state index in [1.165, 1.54) is 38.5 Å². The van der Waals surface area contributed by atoms with Crippen LogP contribution in [0.5, 0.6) is 0 Å². The summed E-state index contributed by atoms with van der Waals surface area (Å²) < 4.78 is 1.05. The first-order chi connectivity index (χ1) is 7.77. The Kier molecular flexibility index (Phi) is 4.42. The topological polar surface area (TPSA) is 20.2 Å². The van der Waals surface area contributed by atoms with Gasteiger partial charge < -0.3 is 5.11 Å². The molecule has 2 heteroatoms. The second-order valence-electron chi connectivity index (χ2n) is 4.75. The second kappa shape index (κ2) is 5.83. The van der Waals surface area contributed by atoms with Crippen LogP contribution in [0.25, 0.3) is 0 Å². The zero-order valence-electron chi connectivity index (χ0n) is 9.53. The first-order valence-electron chi connectivity index (χ1n) is 6.21. The molecule has 2 rings (SSSR count). The number of rotatable bonds is 2. The van der Waals surface area contributed by atoms with Gasteiger partial charge in [-0.3, -0.25) is 0 Å². The van der Waals surface area contributed by atoms with Gasteiger partial charge in [0.15, 0.2) is 0 Å². The van der Waals surface area contributed by atoms with Crippen molar-refractivity contribution in [1.29, 1.82) is 0 Å². The van der Waals surface area contributed by atoms with Gasteiger partial charge >= 0.3 is 0 Å². The Hall–Kier alpha value is -0.340. The summed E-state index contributed by atoms with van der Waals surface area (Å²) in [6.45, 7) is 0. The van der Waals surface area contributed by atoms with Crippen LogP contribution >= 0.6 is 15.9 Å². The van der Waals surface area contributed by atoms with Crippen molar-refractivity contribution in [2.45, 2.75) is 44.6 Å². The molecule has 1 unspecified atom stereocenters. The SMILES string of the molecule is OC(c1cccc(Br)c1)C1CCCCCC1. The van der Waals surface area contributed by atoms with E-state index in [0.29, 0.717) is 5.92 Å². The van der Waals surface area contributed by atoms with Crippen molar-refractivity contribution < 1.29 is 5.11 Å². The van der Waals surface area contributed by atoms with Gasteiger partial charge in [0, 0.05) is 4.47 Å². The predicted octanol–water partition coefficient (Wildman–Crippen LogP) is 4.45. The summed E-state index contributed by atoms with van der Waals surface area (Å²) >= 11 is 3.46. The quantitative estimate of drug-likeness (QED) is 0.795. The third-order valence-electron chi connectivity index (χ3n) is 3.54. The molecule has 1 atom stereocenters. The van der Waals surface area contributed by atoms with E-state index in [1.54, 1.807) is 0 Å². The lowest BCUT2D eigenvalue weighted by Crippen LogP contribution is -2.11. The fourth-order valence-electron chi connectivity index (χ4n) is 2.59. The molecule has 1 fully saturated rings. The molecule has 0 spiro atoms. The Morgan fingerprint density at radius 3 is 2.44 bits per heavy atom. The summed E-state index contributed by atoms with van der Waals surface area (Å²) in [6.07, 6.45) is 7.28. The molecule has 1 aliphatic carbocycles. The number of hydrogen-bond donors (Lipinski definition) is 1. The van der Waals surface area contributed by atoms with Crippen LogP contribution in [-0.4, -0.2) is 5.11 Å². The molecule has 0 radical (unpaired) electrons. The van der Waals surface area contributed by atoms with Gasteiger partial charge in [-0.05, 0) is 36.5 Å². The minimum atomic E-state index is -0.282. The molecule has 0 aromatic heterocycles. The second-order valence-corrected chi connectivity index (χ2v) is 5.67. The number of halogens is 1. The Morgan fingerprint density at radius 2 is 1.81 bits per heavy atom. The fourth-order valence-corrected chi connectivity index (χ4v) is 3.01. The lowest BCUT2D eigenvalue weighted by atomic mass is 9.89. The van der Waals surface area contributed by atoms with Gasteiger partial charge in [0.25, 0.3) is 0 Å². The van der Waals surface area contributed by atoms with Gasteiger partial charge in [-0.15, -0.1) is 0 Å². The average Bonchev–Trinajstić information content (AvgIpc) is 2.56. The molecule has 1 aromatic carbocycles. The van der Waals surface area contributed by atoms with Crippen LogP contribution in [0.1, 0.15) is 50.2 Å². The normalized spacial score (nSPS) is 20.4. The Balaban J connectivity index is 2.07. The molecule has 1 aromatic rings. The molecule has 1 N–H and O–H groups in total. The fraction of sp³-hybridized carbons (Fsp3) is 0.571. The van der Waals surface area contributed by atoms with Crippen molar-refractivity contribution in [2.75, 3.05) is 0 Å². The van der Waals surface area contributed by atoms with Gasteiger partial charge in [0.1, 0.15) is 0 Å². The van der Waals surface area contributed by atoms with E-state index in [-0.39, 0.29) is 6.10 Å². The van der Waals surface area contributed by atoms with E-state index in [9.17, 15) is 5.11 Å². The van der Waals surface area contributed by atoms with Crippen molar-refractivity contribution in [3.05, 3.63) is 34.3 Å². The molecule has 0 saturated heterocycles. The monoisotopic (exact) mass is 282 g/mol. The maximum absolute atomic E-state index is 10.4. The summed E-state index contributed by atoms with van der Waals surface area (Å²) in [5.74, 6) is 0.455. The summed E-state index contributed by atoms with van der Waals surface area (Å²) in [5, 5.41) is 10.4. The molecule has 0 bridgehead atoms. The number of benzene rings is 1. The van der Waals surface area contributed by atoms with Crippen LogP contribution in [0.4, 0.5) is 0 Å². The van der Waals surface area contributed by atoms with Gasteiger partial charge in [0.2, 0.25) is 0 Å². The van der Waals surface area contributed by atoms with Crippen molar-refractivity contribution in [3.63, 3.8) is 0 Å². The number of hydrogen-bond acceptors (Lipinski definition) is 1. The summed E-state index contributed by atoms with van der Waals surface area (Å²) in [7, 11) is 0. The van der Waals surface area contributed by atoms with Gasteiger partial charge in [-0.25, -0.2) is 0 Å². The third-order valence-corrected chi connectivity index (χ3v) is 4.03. The van der Waals surface area contributed by atoms with E-state index in [2.05, 4.69) is 15.9 Å². The first-order valence-corrected chi connectivity index (χ1v) is 7.00. The smallest absolute Gasteiger partial charge is 0.0818 e. The van der Waals surface area contributed by atoms with Crippen LogP contribution in [0.3, 0.4) is 0 Å². The van der Waals surface area contributed by atoms with Crippen LogP contribution in [0.2, 0.25) is 0 Å². The molecule has 1 aliphatic rings. The average molecular weight is 283 g/mol. The predicted molar refractivity (Wildman–Crippen MR) is 70.3 cm³/mol. The molecule has 1 saturated carbocycles. The Bertz CT molecular complexity index is 329. The van der Waals surface area contributed by atoms with Crippen LogP contribution in [0, 0.1) is 5.92 Å². The van der Waals surface area contributed by atoms with Crippen LogP contribution in [-0.2, 0) is 0 Å². The van der Waals surface area contributed by atoms with Crippen molar-refractivity contribution >= 4 is 15.9 Å². The highest BCUT2D eigenvalue weighted by molar-refractivity contribution is 9.10. The van der Waals surface area contributed by atoms with Crippen molar-refractivity contribution in [2.24, 2.45) is 5.92 Å². The highest BCUT2D eigenvalue weighted by Crippen LogP contribution is 2.34. The van der Waals surface area contributed by atoms with E-state index in [1.807, 2.05) is 24.3 Å². The molecular formula is C14H19BrO. The standard InChI is InChI=1S/C14H19BrO/c15-13-9-5-8-12(10-13)14(16)11-6-3-1-2-4-7-11/h5,8-11,14,16H,1-4,6-7H2. The van der Waals surface area contributed by atoms with E-state index in [0.717, 1.165) is 10.0 Å². The molecule has 0 aliphatic heterocycles. The molecular weight excluding hydrogens is 264 g/mol. The van der Waals surface area contributed by atoms with Crippen LogP contribution < -0.4 is 0 Å². The molecule has 0 amide bonds. The van der Waals surface area contributed by atoms with Crippen LogP contribution in [0.15, 0.2) is 28.7 Å². The van der Waals surface area contributed by atoms with E-state index >= 15 is 0 Å². The lowest BCUT2D eigenvalue weighted by molar-refractivity contribution is 0.0987. The zero-order chi connectivity index (χ0) is 11.4. The molecule has 88 valence electrons. The van der Waals surface area contributed by atoms with Crippen molar-refractivity contribution in [1.82, 2.24) is 0 Å². The highest BCUT2D eigenvalue weighted by atomic mass is 79.9. The number of aliphatic hydroxyl groups is 1. The largest absolute Gasteiger partial charge is 0.388 e. The minimum Gasteiger partial charge on any atom is -0.388 e. The molecule has 1 nitrogen and oxygen atoms in total. The lowest BCUT2D eigenvalue weighted by Gasteiger charge is -2.21. The number of aliphatic hydroxyl groups excluding tert-OH is 1. The van der Waals surface area contributed by atoms with E-state index < -0.39 is 0 Å². The maximum atomic E-state index is 10.4. The minimum absolute atomic E-state index is 0.282.